The highest BCUT2D eigenvalue weighted by Crippen LogP contribution is 2.17. The lowest BCUT2D eigenvalue weighted by molar-refractivity contribution is 0.626. The molecule has 0 fully saturated rings. The van der Waals surface area contributed by atoms with Crippen molar-refractivity contribution in [1.29, 1.82) is 0 Å². The van der Waals surface area contributed by atoms with E-state index in [1.807, 2.05) is 19.1 Å². The van der Waals surface area contributed by atoms with E-state index >= 15 is 0 Å². The number of hydrogen-bond donors (Lipinski definition) is 1. The molecule has 82 valence electrons. The summed E-state index contributed by atoms with van der Waals surface area (Å²) < 4.78 is 12.9. The molecule has 0 bridgehead atoms. The third-order valence-electron chi connectivity index (χ3n) is 2.61. The molecule has 1 heterocycles. The maximum Gasteiger partial charge on any atom is 0.126 e. The lowest BCUT2D eigenvalue weighted by Crippen LogP contribution is -1.99. The molecule has 3 heteroatoms. The Labute approximate surface area is 93.9 Å². The van der Waals surface area contributed by atoms with Crippen molar-refractivity contribution in [3.8, 4) is 0 Å². The van der Waals surface area contributed by atoms with E-state index in [1.165, 1.54) is 12.1 Å². The zero-order valence-electron chi connectivity index (χ0n) is 9.07. The number of nitrogen functional groups attached to an aromatic ring is 1. The van der Waals surface area contributed by atoms with E-state index in [1.54, 1.807) is 12.3 Å². The number of nitrogens with zero attached hydrogens (tertiary/aromatic N) is 1. The first kappa shape index (κ1) is 10.6. The molecule has 1 aromatic heterocycles. The van der Waals surface area contributed by atoms with Gasteiger partial charge in [0.2, 0.25) is 0 Å². The van der Waals surface area contributed by atoms with Crippen LogP contribution < -0.4 is 5.73 Å². The maximum atomic E-state index is 12.9. The fourth-order valence-electron chi connectivity index (χ4n) is 1.66. The standard InChI is InChI=1S/C13H13FN2/c1-9-7-12(14)5-4-10(9)8-11-3-2-6-16-13(11)15/h2-7H,8H2,1H3,(H2,15,16). The number of hydrogen-bond acceptors (Lipinski definition) is 2. The lowest BCUT2D eigenvalue weighted by atomic mass is 10.0. The first-order chi connectivity index (χ1) is 7.66. The highest BCUT2D eigenvalue weighted by molar-refractivity contribution is 5.43. The van der Waals surface area contributed by atoms with Gasteiger partial charge in [0.05, 0.1) is 0 Å². The fraction of sp³-hybridized carbons (Fsp3) is 0.154. The number of anilines is 1. The van der Waals surface area contributed by atoms with Crippen LogP contribution in [0.25, 0.3) is 0 Å². The van der Waals surface area contributed by atoms with Gasteiger partial charge in [-0.2, -0.15) is 0 Å². The molecule has 2 N–H and O–H groups in total. The monoisotopic (exact) mass is 216 g/mol. The smallest absolute Gasteiger partial charge is 0.126 e. The van der Waals surface area contributed by atoms with E-state index in [0.717, 1.165) is 16.7 Å². The molecule has 2 rings (SSSR count). The Morgan fingerprint density at radius 1 is 1.25 bits per heavy atom. The second-order valence-corrected chi connectivity index (χ2v) is 3.80. The van der Waals surface area contributed by atoms with Gasteiger partial charge in [0.25, 0.3) is 0 Å². The molecule has 2 aromatic rings. The number of benzene rings is 1. The first-order valence-corrected chi connectivity index (χ1v) is 5.11. The van der Waals surface area contributed by atoms with Crippen molar-refractivity contribution < 1.29 is 4.39 Å². The SMILES string of the molecule is Cc1cc(F)ccc1Cc1cccnc1N. The molecule has 0 aliphatic carbocycles. The minimum atomic E-state index is -0.208. The molecule has 16 heavy (non-hydrogen) atoms. The zero-order valence-corrected chi connectivity index (χ0v) is 9.07. The van der Waals surface area contributed by atoms with Crippen LogP contribution in [0.1, 0.15) is 16.7 Å². The second kappa shape index (κ2) is 4.31. The van der Waals surface area contributed by atoms with Crippen molar-refractivity contribution in [1.82, 2.24) is 4.98 Å². The van der Waals surface area contributed by atoms with E-state index in [4.69, 9.17) is 5.73 Å². The van der Waals surface area contributed by atoms with Crippen LogP contribution in [0.5, 0.6) is 0 Å². The summed E-state index contributed by atoms with van der Waals surface area (Å²) in [5, 5.41) is 0. The molecule has 0 saturated carbocycles. The van der Waals surface area contributed by atoms with Gasteiger partial charge < -0.3 is 5.73 Å². The number of aromatic nitrogens is 1. The predicted octanol–water partition coefficient (Wildman–Crippen LogP) is 2.70. The largest absolute Gasteiger partial charge is 0.383 e. The second-order valence-electron chi connectivity index (χ2n) is 3.80. The van der Waals surface area contributed by atoms with Crippen LogP contribution in [0.4, 0.5) is 10.2 Å². The van der Waals surface area contributed by atoms with E-state index in [0.29, 0.717) is 12.2 Å². The van der Waals surface area contributed by atoms with E-state index in [9.17, 15) is 4.39 Å². The highest BCUT2D eigenvalue weighted by atomic mass is 19.1. The van der Waals surface area contributed by atoms with Crippen molar-refractivity contribution in [2.45, 2.75) is 13.3 Å². The highest BCUT2D eigenvalue weighted by Gasteiger charge is 2.04. The number of aryl methyl sites for hydroxylation is 1. The summed E-state index contributed by atoms with van der Waals surface area (Å²) in [5.74, 6) is 0.326. The molecule has 0 unspecified atom stereocenters. The van der Waals surface area contributed by atoms with Crippen molar-refractivity contribution in [2.24, 2.45) is 0 Å². The van der Waals surface area contributed by atoms with Crippen molar-refractivity contribution in [3.05, 3.63) is 59.0 Å². The van der Waals surface area contributed by atoms with E-state index in [2.05, 4.69) is 4.98 Å². The fourth-order valence-corrected chi connectivity index (χ4v) is 1.66. The normalized spacial score (nSPS) is 10.4. The van der Waals surface area contributed by atoms with E-state index in [-0.39, 0.29) is 5.82 Å². The average molecular weight is 216 g/mol. The number of nitrogens with two attached hydrogens (primary N) is 1. The molecule has 0 amide bonds. The van der Waals surface area contributed by atoms with Gasteiger partial charge in [0.1, 0.15) is 11.6 Å². The molecule has 0 aliphatic rings. The quantitative estimate of drug-likeness (QED) is 0.838. The van der Waals surface area contributed by atoms with Crippen LogP contribution in [0.15, 0.2) is 36.5 Å². The van der Waals surface area contributed by atoms with Gasteiger partial charge in [0.15, 0.2) is 0 Å². The summed E-state index contributed by atoms with van der Waals surface area (Å²) in [5.41, 5.74) is 8.74. The Morgan fingerprint density at radius 2 is 2.06 bits per heavy atom. The van der Waals surface area contributed by atoms with Gasteiger partial charge in [-0.05, 0) is 41.8 Å². The molecule has 2 nitrogen and oxygen atoms in total. The molecular weight excluding hydrogens is 203 g/mol. The number of pyridine rings is 1. The summed E-state index contributed by atoms with van der Waals surface area (Å²) in [6.45, 7) is 1.89. The first-order valence-electron chi connectivity index (χ1n) is 5.11. The van der Waals surface area contributed by atoms with Gasteiger partial charge in [-0.15, -0.1) is 0 Å². The predicted molar refractivity (Wildman–Crippen MR) is 62.6 cm³/mol. The summed E-state index contributed by atoms with van der Waals surface area (Å²) in [7, 11) is 0. The van der Waals surface area contributed by atoms with Gasteiger partial charge in [-0.1, -0.05) is 12.1 Å². The number of rotatable bonds is 2. The van der Waals surface area contributed by atoms with Crippen LogP contribution in [0.2, 0.25) is 0 Å². The Balaban J connectivity index is 2.31. The summed E-state index contributed by atoms with van der Waals surface area (Å²) in [6, 6.07) is 8.57. The van der Waals surface area contributed by atoms with Gasteiger partial charge in [0, 0.05) is 12.6 Å². The minimum Gasteiger partial charge on any atom is -0.383 e. The molecule has 0 spiro atoms. The summed E-state index contributed by atoms with van der Waals surface area (Å²) >= 11 is 0. The van der Waals surface area contributed by atoms with Crippen molar-refractivity contribution in [2.75, 3.05) is 5.73 Å². The van der Waals surface area contributed by atoms with Crippen molar-refractivity contribution >= 4 is 5.82 Å². The number of halogens is 1. The van der Waals surface area contributed by atoms with Crippen LogP contribution in [-0.2, 0) is 6.42 Å². The molecular formula is C13H13FN2. The molecule has 0 atom stereocenters. The maximum absolute atomic E-state index is 12.9. The van der Waals surface area contributed by atoms with Crippen LogP contribution in [0.3, 0.4) is 0 Å². The molecule has 0 saturated heterocycles. The van der Waals surface area contributed by atoms with Crippen LogP contribution >= 0.6 is 0 Å². The summed E-state index contributed by atoms with van der Waals surface area (Å²) in [6.07, 6.45) is 2.35. The van der Waals surface area contributed by atoms with Crippen LogP contribution in [0, 0.1) is 12.7 Å². The summed E-state index contributed by atoms with van der Waals surface area (Å²) in [4.78, 5) is 4.03. The van der Waals surface area contributed by atoms with Gasteiger partial charge >= 0.3 is 0 Å². The third-order valence-corrected chi connectivity index (χ3v) is 2.61. The van der Waals surface area contributed by atoms with E-state index < -0.39 is 0 Å². The topological polar surface area (TPSA) is 38.9 Å². The van der Waals surface area contributed by atoms with Gasteiger partial charge in [-0.3, -0.25) is 0 Å². The Morgan fingerprint density at radius 3 is 2.75 bits per heavy atom. The molecule has 0 aliphatic heterocycles. The third kappa shape index (κ3) is 2.19. The lowest BCUT2D eigenvalue weighted by Gasteiger charge is -2.07. The average Bonchev–Trinajstić information content (AvgIpc) is 2.25. The minimum absolute atomic E-state index is 0.208. The Bertz CT molecular complexity index is 509. The van der Waals surface area contributed by atoms with Crippen LogP contribution in [-0.4, -0.2) is 4.98 Å². The Kier molecular flexibility index (Phi) is 2.86. The zero-order chi connectivity index (χ0) is 11.5. The molecule has 0 radical (unpaired) electrons. The van der Waals surface area contributed by atoms with Crippen molar-refractivity contribution in [3.63, 3.8) is 0 Å². The van der Waals surface area contributed by atoms with Gasteiger partial charge in [-0.25, -0.2) is 9.37 Å². The Hall–Kier alpha value is -1.90. The molecule has 1 aromatic carbocycles.